The van der Waals surface area contributed by atoms with Gasteiger partial charge < -0.3 is 25.4 Å². The molecule has 2 amide bonds. The van der Waals surface area contributed by atoms with Crippen LogP contribution in [0.3, 0.4) is 0 Å². The van der Waals surface area contributed by atoms with Gasteiger partial charge in [0.2, 0.25) is 5.91 Å². The lowest BCUT2D eigenvalue weighted by Crippen LogP contribution is -2.52. The molecule has 40 heavy (non-hydrogen) atoms. The summed E-state index contributed by atoms with van der Waals surface area (Å²) in [5.41, 5.74) is 4.80. The molecule has 206 valence electrons. The Balaban J connectivity index is 1.22. The number of hydrogen-bond donors (Lipinski definition) is 3. The predicted octanol–water partition coefficient (Wildman–Crippen LogP) is 4.10. The monoisotopic (exact) mass is 539 g/mol. The third-order valence-electron chi connectivity index (χ3n) is 9.29. The van der Waals surface area contributed by atoms with Crippen LogP contribution in [0, 0.1) is 5.41 Å². The van der Waals surface area contributed by atoms with Gasteiger partial charge in [-0.3, -0.25) is 14.3 Å². The van der Waals surface area contributed by atoms with Crippen LogP contribution in [0.1, 0.15) is 53.2 Å². The molecular formula is C31H33N5O4. The maximum absolute atomic E-state index is 14.1. The molecule has 4 aliphatic rings. The van der Waals surface area contributed by atoms with Crippen LogP contribution in [0.15, 0.2) is 67.0 Å². The fourth-order valence-corrected chi connectivity index (χ4v) is 6.87. The van der Waals surface area contributed by atoms with Crippen LogP contribution in [0.4, 0.5) is 11.4 Å². The zero-order chi connectivity index (χ0) is 27.5. The lowest BCUT2D eigenvalue weighted by Gasteiger charge is -2.38. The summed E-state index contributed by atoms with van der Waals surface area (Å²) in [5.74, 6) is -0.0681. The number of benzene rings is 2. The molecule has 0 radical (unpaired) electrons. The molecule has 2 spiro atoms. The molecule has 3 aromatic rings. The second-order valence-corrected chi connectivity index (χ2v) is 11.5. The van der Waals surface area contributed by atoms with Gasteiger partial charge in [0.15, 0.2) is 0 Å². The molecule has 2 atom stereocenters. The highest BCUT2D eigenvalue weighted by Gasteiger charge is 2.58. The molecule has 1 aromatic heterocycles. The first-order chi connectivity index (χ1) is 19.4. The van der Waals surface area contributed by atoms with E-state index in [9.17, 15) is 9.59 Å². The number of para-hydroxylation sites is 1. The van der Waals surface area contributed by atoms with Crippen LogP contribution in [-0.2, 0) is 22.0 Å². The van der Waals surface area contributed by atoms with E-state index < -0.39 is 6.04 Å². The van der Waals surface area contributed by atoms with Crippen molar-refractivity contribution in [2.45, 2.75) is 43.1 Å². The average molecular weight is 540 g/mol. The van der Waals surface area contributed by atoms with Gasteiger partial charge in [-0.1, -0.05) is 30.8 Å². The highest BCUT2D eigenvalue weighted by Crippen LogP contribution is 2.61. The first-order valence-electron chi connectivity index (χ1n) is 13.9. The minimum Gasteiger partial charge on any atom is -0.493 e. The SMILES string of the molecule is C=C1Nc2cc(NC(=O)[C@@H](NC(=O)c3ccnn3C)C3c4ccccc4OCC34CC4)ccc2C12CCOCC2. The van der Waals surface area contributed by atoms with Crippen molar-refractivity contribution in [3.05, 3.63) is 83.8 Å². The van der Waals surface area contributed by atoms with Crippen molar-refractivity contribution in [3.63, 3.8) is 0 Å². The van der Waals surface area contributed by atoms with E-state index in [1.165, 1.54) is 10.2 Å². The number of fused-ring (bicyclic) bond motifs is 3. The summed E-state index contributed by atoms with van der Waals surface area (Å²) in [6.45, 7) is 6.24. The largest absolute Gasteiger partial charge is 0.493 e. The number of aromatic nitrogens is 2. The van der Waals surface area contributed by atoms with E-state index in [-0.39, 0.29) is 28.6 Å². The van der Waals surface area contributed by atoms with Crippen molar-refractivity contribution in [1.29, 1.82) is 0 Å². The Morgan fingerprint density at radius 3 is 2.67 bits per heavy atom. The summed E-state index contributed by atoms with van der Waals surface area (Å²) >= 11 is 0. The number of rotatable bonds is 5. The van der Waals surface area contributed by atoms with Gasteiger partial charge in [0.1, 0.15) is 17.5 Å². The number of allylic oxidation sites excluding steroid dienone is 1. The number of carbonyl (C=O) groups is 2. The van der Waals surface area contributed by atoms with Gasteiger partial charge in [-0.15, -0.1) is 0 Å². The Hall–Kier alpha value is -4.11. The molecule has 2 fully saturated rings. The molecule has 1 saturated heterocycles. The lowest BCUT2D eigenvalue weighted by molar-refractivity contribution is -0.119. The molecule has 2 aromatic carbocycles. The van der Waals surface area contributed by atoms with Gasteiger partial charge in [-0.25, -0.2) is 0 Å². The zero-order valence-corrected chi connectivity index (χ0v) is 22.5. The van der Waals surface area contributed by atoms with Crippen molar-refractivity contribution < 1.29 is 19.1 Å². The second kappa shape index (κ2) is 9.23. The van der Waals surface area contributed by atoms with E-state index in [1.807, 2.05) is 36.4 Å². The average Bonchev–Trinajstić information content (AvgIpc) is 3.51. The lowest BCUT2D eigenvalue weighted by atomic mass is 9.74. The number of aryl methyl sites for hydroxylation is 1. The minimum atomic E-state index is -0.812. The van der Waals surface area contributed by atoms with Gasteiger partial charge in [0.05, 0.1) is 6.61 Å². The normalized spacial score (nSPS) is 22.0. The third kappa shape index (κ3) is 3.91. The van der Waals surface area contributed by atoms with E-state index in [0.717, 1.165) is 48.4 Å². The maximum atomic E-state index is 14.1. The third-order valence-corrected chi connectivity index (χ3v) is 9.29. The van der Waals surface area contributed by atoms with Gasteiger partial charge in [0.25, 0.3) is 5.91 Å². The van der Waals surface area contributed by atoms with Crippen LogP contribution < -0.4 is 20.7 Å². The van der Waals surface area contributed by atoms with Gasteiger partial charge in [-0.2, -0.15) is 5.10 Å². The zero-order valence-electron chi connectivity index (χ0n) is 22.5. The van der Waals surface area contributed by atoms with E-state index in [0.29, 0.717) is 31.2 Å². The number of nitrogens with zero attached hydrogens (tertiary/aromatic N) is 2. The number of nitrogens with one attached hydrogen (secondary N) is 3. The predicted molar refractivity (Wildman–Crippen MR) is 150 cm³/mol. The van der Waals surface area contributed by atoms with Crippen LogP contribution in [0.5, 0.6) is 5.75 Å². The van der Waals surface area contributed by atoms with Crippen molar-refractivity contribution in [3.8, 4) is 5.75 Å². The highest BCUT2D eigenvalue weighted by molar-refractivity contribution is 6.01. The Bertz CT molecular complexity index is 1520. The summed E-state index contributed by atoms with van der Waals surface area (Å²) in [4.78, 5) is 27.6. The van der Waals surface area contributed by atoms with E-state index in [4.69, 9.17) is 9.47 Å². The molecule has 9 nitrogen and oxygen atoms in total. The molecule has 1 unspecified atom stereocenters. The van der Waals surface area contributed by atoms with Gasteiger partial charge >= 0.3 is 0 Å². The van der Waals surface area contributed by atoms with Crippen LogP contribution in [0.25, 0.3) is 0 Å². The molecule has 7 rings (SSSR count). The number of carbonyl (C=O) groups excluding carboxylic acids is 2. The van der Waals surface area contributed by atoms with Crippen molar-refractivity contribution >= 4 is 23.2 Å². The van der Waals surface area contributed by atoms with E-state index >= 15 is 0 Å². The van der Waals surface area contributed by atoms with Crippen LogP contribution in [-0.4, -0.2) is 47.5 Å². The topological polar surface area (TPSA) is 107 Å². The molecule has 1 aliphatic carbocycles. The summed E-state index contributed by atoms with van der Waals surface area (Å²) < 4.78 is 13.2. The molecule has 0 bridgehead atoms. The summed E-state index contributed by atoms with van der Waals surface area (Å²) in [6.07, 6.45) is 5.21. The Labute approximate surface area is 232 Å². The minimum absolute atomic E-state index is 0.139. The Morgan fingerprint density at radius 2 is 1.93 bits per heavy atom. The number of anilines is 2. The first-order valence-corrected chi connectivity index (χ1v) is 13.9. The first kappa shape index (κ1) is 24.9. The van der Waals surface area contributed by atoms with E-state index in [1.54, 1.807) is 19.3 Å². The highest BCUT2D eigenvalue weighted by atomic mass is 16.5. The smallest absolute Gasteiger partial charge is 0.270 e. The summed E-state index contributed by atoms with van der Waals surface area (Å²) in [6, 6.07) is 14.7. The fraction of sp³-hybridized carbons (Fsp3) is 0.387. The second-order valence-electron chi connectivity index (χ2n) is 11.5. The number of hydrogen-bond acceptors (Lipinski definition) is 6. The standard InChI is InChI=1S/C31H33N5O4/c1-19-31(12-15-39-16-13-31)22-8-7-20(17-23(22)33-19)34-29(38)27(35-28(37)24-9-14-32-36(24)2)26-21-5-3-4-6-25(21)40-18-30(26)10-11-30/h3-9,14,17,26-27,33H,1,10-13,15-16,18H2,2H3,(H,34,38)(H,35,37)/t26?,27-/m0/s1. The van der Waals surface area contributed by atoms with Crippen molar-refractivity contribution in [1.82, 2.24) is 15.1 Å². The molecule has 9 heteroatoms. The molecule has 1 saturated carbocycles. The number of ether oxygens (including phenoxy) is 2. The quantitative estimate of drug-likeness (QED) is 0.451. The summed E-state index contributed by atoms with van der Waals surface area (Å²) in [5, 5.41) is 13.8. The molecule has 3 N–H and O–H groups in total. The molecular weight excluding hydrogens is 506 g/mol. The Morgan fingerprint density at radius 1 is 1.12 bits per heavy atom. The van der Waals surface area contributed by atoms with E-state index in [2.05, 4.69) is 33.7 Å². The van der Waals surface area contributed by atoms with Crippen LogP contribution in [0.2, 0.25) is 0 Å². The summed E-state index contributed by atoms with van der Waals surface area (Å²) in [7, 11) is 1.72. The van der Waals surface area contributed by atoms with Crippen molar-refractivity contribution in [2.24, 2.45) is 12.5 Å². The van der Waals surface area contributed by atoms with Gasteiger partial charge in [-0.05, 0) is 55.5 Å². The van der Waals surface area contributed by atoms with Gasteiger partial charge in [0, 0.05) is 65.8 Å². The fourth-order valence-electron chi connectivity index (χ4n) is 6.87. The van der Waals surface area contributed by atoms with Crippen LogP contribution >= 0.6 is 0 Å². The maximum Gasteiger partial charge on any atom is 0.270 e. The molecule has 4 heterocycles. The Kier molecular flexibility index (Phi) is 5.75. The van der Waals surface area contributed by atoms with Crippen molar-refractivity contribution in [2.75, 3.05) is 30.5 Å². The molecule has 3 aliphatic heterocycles. The number of amides is 2.